The van der Waals surface area contributed by atoms with Gasteiger partial charge in [0.25, 0.3) is 5.92 Å². The van der Waals surface area contributed by atoms with E-state index in [-0.39, 0.29) is 12.2 Å². The molecule has 1 aliphatic carbocycles. The minimum absolute atomic E-state index is 0.0979. The zero-order valence-corrected chi connectivity index (χ0v) is 12.1. The van der Waals surface area contributed by atoms with Crippen LogP contribution in [0.25, 0.3) is 0 Å². The lowest BCUT2D eigenvalue weighted by molar-refractivity contribution is -0.289. The molecule has 0 amide bonds. The molecule has 5 atom stereocenters. The van der Waals surface area contributed by atoms with Gasteiger partial charge >= 0.3 is 5.97 Å². The third-order valence-electron chi connectivity index (χ3n) is 4.29. The first-order valence-electron chi connectivity index (χ1n) is 7.14. The predicted molar refractivity (Wildman–Crippen MR) is 67.6 cm³/mol. The molecule has 0 bridgehead atoms. The molecule has 4 nitrogen and oxygen atoms in total. The predicted octanol–water partition coefficient (Wildman–Crippen LogP) is 2.55. The summed E-state index contributed by atoms with van der Waals surface area (Å²) in [5.41, 5.74) is 0. The topological polar surface area (TPSA) is 44.8 Å². The molecule has 5 unspecified atom stereocenters. The summed E-state index contributed by atoms with van der Waals surface area (Å²) in [5.74, 6) is -5.80. The van der Waals surface area contributed by atoms with Crippen molar-refractivity contribution in [1.29, 1.82) is 0 Å². The summed E-state index contributed by atoms with van der Waals surface area (Å²) < 4.78 is 44.6. The third kappa shape index (κ3) is 2.81. The van der Waals surface area contributed by atoms with E-state index in [0.717, 1.165) is 39.7 Å². The molecule has 1 heterocycles. The molecule has 20 heavy (non-hydrogen) atoms. The van der Waals surface area contributed by atoms with E-state index in [9.17, 15) is 13.6 Å². The van der Waals surface area contributed by atoms with Crippen LogP contribution in [0.4, 0.5) is 8.78 Å². The van der Waals surface area contributed by atoms with Gasteiger partial charge in [0.1, 0.15) is 12.0 Å². The van der Waals surface area contributed by atoms with Gasteiger partial charge in [0.2, 0.25) is 0 Å². The lowest BCUT2D eigenvalue weighted by Crippen LogP contribution is -2.58. The van der Waals surface area contributed by atoms with Crippen LogP contribution in [0.15, 0.2) is 0 Å². The van der Waals surface area contributed by atoms with Crippen LogP contribution in [0.1, 0.15) is 39.5 Å². The van der Waals surface area contributed by atoms with Gasteiger partial charge < -0.3 is 14.2 Å². The fraction of sp³-hybridized carbons (Fsp3) is 0.929. The van der Waals surface area contributed by atoms with Crippen molar-refractivity contribution in [3.05, 3.63) is 0 Å². The molecule has 1 saturated heterocycles. The summed E-state index contributed by atoms with van der Waals surface area (Å²) in [7, 11) is 1.10. The number of ether oxygens (including phenoxy) is 3. The molecule has 1 aliphatic heterocycles. The van der Waals surface area contributed by atoms with Gasteiger partial charge in [0, 0.05) is 0 Å². The molecule has 116 valence electrons. The van der Waals surface area contributed by atoms with Crippen LogP contribution < -0.4 is 0 Å². The Labute approximate surface area is 117 Å². The largest absolute Gasteiger partial charge is 0.469 e. The minimum atomic E-state index is -3.31. The van der Waals surface area contributed by atoms with E-state index in [1.807, 2.05) is 0 Å². The van der Waals surface area contributed by atoms with Crippen molar-refractivity contribution >= 4 is 5.97 Å². The number of esters is 1. The maximum atomic E-state index is 14.4. The molecule has 6 heteroatoms. The number of methoxy groups -OCH3 is 1. The summed E-state index contributed by atoms with van der Waals surface area (Å²) in [6.07, 6.45) is 1.05. The van der Waals surface area contributed by atoms with Gasteiger partial charge in [-0.3, -0.25) is 4.79 Å². The van der Waals surface area contributed by atoms with Crippen LogP contribution in [-0.2, 0) is 19.0 Å². The maximum Gasteiger partial charge on any atom is 0.314 e. The highest BCUT2D eigenvalue weighted by molar-refractivity contribution is 5.73. The Kier molecular flexibility index (Phi) is 4.64. The van der Waals surface area contributed by atoms with Crippen LogP contribution in [0.5, 0.6) is 0 Å². The van der Waals surface area contributed by atoms with Crippen molar-refractivity contribution in [1.82, 2.24) is 0 Å². The van der Waals surface area contributed by atoms with Crippen molar-refractivity contribution in [3.63, 3.8) is 0 Å². The van der Waals surface area contributed by atoms with Crippen molar-refractivity contribution in [2.75, 3.05) is 7.11 Å². The molecule has 0 aromatic carbocycles. The van der Waals surface area contributed by atoms with E-state index in [1.165, 1.54) is 0 Å². The molecule has 0 radical (unpaired) electrons. The number of halogens is 2. The Bertz CT molecular complexity index is 361. The monoisotopic (exact) mass is 292 g/mol. The number of rotatable bonds is 3. The second-order valence-electron chi connectivity index (χ2n) is 5.68. The highest BCUT2D eigenvalue weighted by Gasteiger charge is 2.55. The highest BCUT2D eigenvalue weighted by atomic mass is 19.3. The molecule has 0 aromatic heterocycles. The van der Waals surface area contributed by atoms with Gasteiger partial charge in [-0.25, -0.2) is 8.78 Å². The molecule has 2 aliphatic rings. The van der Waals surface area contributed by atoms with Gasteiger partial charge in [-0.05, 0) is 26.7 Å². The lowest BCUT2D eigenvalue weighted by atomic mass is 9.89. The highest BCUT2D eigenvalue weighted by Crippen LogP contribution is 2.40. The summed E-state index contributed by atoms with van der Waals surface area (Å²) in [6.45, 7) is 2.74. The van der Waals surface area contributed by atoms with Gasteiger partial charge in [-0.15, -0.1) is 0 Å². The van der Waals surface area contributed by atoms with Crippen molar-refractivity contribution in [2.45, 2.75) is 69.9 Å². The number of carbonyl (C=O) groups excluding carboxylic acids is 1. The Morgan fingerprint density at radius 1 is 1.25 bits per heavy atom. The first-order valence-corrected chi connectivity index (χ1v) is 7.14. The van der Waals surface area contributed by atoms with Crippen LogP contribution in [0.3, 0.4) is 0 Å². The third-order valence-corrected chi connectivity index (χ3v) is 4.29. The smallest absolute Gasteiger partial charge is 0.314 e. The number of alkyl halides is 2. The van der Waals surface area contributed by atoms with Gasteiger partial charge in [-0.2, -0.15) is 0 Å². The fourth-order valence-corrected chi connectivity index (χ4v) is 3.00. The normalized spacial score (nSPS) is 36.0. The standard InChI is InChI=1S/C14H22F2O4/c1-8(13(17)18-3)14(15,16)12-9(2)19-10-6-4-5-7-11(10)20-12/h8-12H,4-7H2,1-3H3. The van der Waals surface area contributed by atoms with E-state index in [0.29, 0.717) is 0 Å². The van der Waals surface area contributed by atoms with Gasteiger partial charge in [0.15, 0.2) is 0 Å². The molecule has 2 fully saturated rings. The molecule has 2 rings (SSSR count). The lowest BCUT2D eigenvalue weighted by Gasteiger charge is -2.45. The Morgan fingerprint density at radius 3 is 2.35 bits per heavy atom. The summed E-state index contributed by atoms with van der Waals surface area (Å²) in [5, 5.41) is 0. The zero-order valence-electron chi connectivity index (χ0n) is 12.1. The molecular formula is C14H22F2O4. The Balaban J connectivity index is 2.12. The van der Waals surface area contributed by atoms with E-state index in [2.05, 4.69) is 4.74 Å². The maximum absolute atomic E-state index is 14.4. The molecule has 1 saturated carbocycles. The number of carbonyl (C=O) groups is 1. The first-order chi connectivity index (χ1) is 9.37. The number of hydrogen-bond acceptors (Lipinski definition) is 4. The molecule has 0 N–H and O–H groups in total. The number of fused-ring (bicyclic) bond motifs is 1. The van der Waals surface area contributed by atoms with E-state index in [1.54, 1.807) is 6.92 Å². The first kappa shape index (κ1) is 15.6. The van der Waals surface area contributed by atoms with Crippen LogP contribution in [0, 0.1) is 5.92 Å². The number of hydrogen-bond donors (Lipinski definition) is 0. The zero-order chi connectivity index (χ0) is 14.9. The van der Waals surface area contributed by atoms with Crippen molar-refractivity contribution in [3.8, 4) is 0 Å². The Hall–Kier alpha value is -0.750. The molecule has 0 spiro atoms. The van der Waals surface area contributed by atoms with Crippen LogP contribution >= 0.6 is 0 Å². The van der Waals surface area contributed by atoms with Crippen LogP contribution in [-0.4, -0.2) is 43.4 Å². The Morgan fingerprint density at radius 2 is 1.80 bits per heavy atom. The van der Waals surface area contributed by atoms with E-state index in [4.69, 9.17) is 9.47 Å². The summed E-state index contributed by atoms with van der Waals surface area (Å²) in [6, 6.07) is 0. The SMILES string of the molecule is COC(=O)C(C)C(F)(F)C1OC2CCCCC2OC1C. The minimum Gasteiger partial charge on any atom is -0.469 e. The fourth-order valence-electron chi connectivity index (χ4n) is 3.00. The van der Waals surface area contributed by atoms with Gasteiger partial charge in [-0.1, -0.05) is 12.8 Å². The summed E-state index contributed by atoms with van der Waals surface area (Å²) in [4.78, 5) is 11.4. The van der Waals surface area contributed by atoms with Crippen molar-refractivity contribution in [2.24, 2.45) is 5.92 Å². The molecule has 0 aromatic rings. The van der Waals surface area contributed by atoms with Crippen LogP contribution in [0.2, 0.25) is 0 Å². The van der Waals surface area contributed by atoms with Gasteiger partial charge in [0.05, 0.1) is 25.4 Å². The second-order valence-corrected chi connectivity index (χ2v) is 5.68. The average molecular weight is 292 g/mol. The van der Waals surface area contributed by atoms with E-state index < -0.39 is 30.0 Å². The summed E-state index contributed by atoms with van der Waals surface area (Å²) >= 11 is 0. The molecular weight excluding hydrogens is 270 g/mol. The average Bonchev–Trinajstić information content (AvgIpc) is 2.44. The second kappa shape index (κ2) is 5.93. The quantitative estimate of drug-likeness (QED) is 0.750. The van der Waals surface area contributed by atoms with E-state index >= 15 is 0 Å². The van der Waals surface area contributed by atoms with Crippen molar-refractivity contribution < 1.29 is 27.8 Å².